The molecule has 2 atom stereocenters. The van der Waals surface area contributed by atoms with Crippen LogP contribution in [-0.4, -0.2) is 30.1 Å². The van der Waals surface area contributed by atoms with Gasteiger partial charge in [0.25, 0.3) is 0 Å². The second-order valence-electron chi connectivity index (χ2n) is 6.04. The summed E-state index contributed by atoms with van der Waals surface area (Å²) >= 11 is 0. The Kier molecular flexibility index (Phi) is 6.02. The fourth-order valence-corrected chi connectivity index (χ4v) is 3.32. The van der Waals surface area contributed by atoms with Gasteiger partial charge in [0, 0.05) is 24.5 Å². The Morgan fingerprint density at radius 2 is 1.65 bits per heavy atom. The monoisotopic (exact) mass is 318 g/mol. The molecule has 1 saturated carbocycles. The van der Waals surface area contributed by atoms with E-state index < -0.39 is 17.8 Å². The molecule has 23 heavy (non-hydrogen) atoms. The van der Waals surface area contributed by atoms with E-state index >= 15 is 0 Å². The number of anilines is 2. The van der Waals surface area contributed by atoms with E-state index in [9.17, 15) is 14.7 Å². The van der Waals surface area contributed by atoms with Crippen LogP contribution < -0.4 is 10.2 Å². The lowest BCUT2D eigenvalue weighted by Crippen LogP contribution is -2.36. The maximum Gasteiger partial charge on any atom is 0.307 e. The number of nitrogens with zero attached hydrogens (tertiary/aromatic N) is 1. The van der Waals surface area contributed by atoms with E-state index in [1.807, 2.05) is 24.3 Å². The number of nitrogens with one attached hydrogen (secondary N) is 1. The highest BCUT2D eigenvalue weighted by Gasteiger charge is 2.35. The van der Waals surface area contributed by atoms with E-state index in [1.165, 1.54) is 0 Å². The Bertz CT molecular complexity index is 538. The van der Waals surface area contributed by atoms with Crippen LogP contribution in [0.4, 0.5) is 11.4 Å². The van der Waals surface area contributed by atoms with E-state index in [-0.39, 0.29) is 5.91 Å². The normalized spacial score (nSPS) is 20.8. The average Bonchev–Trinajstić information content (AvgIpc) is 2.57. The topological polar surface area (TPSA) is 69.6 Å². The Balaban J connectivity index is 2.03. The molecule has 0 aliphatic heterocycles. The van der Waals surface area contributed by atoms with Crippen molar-refractivity contribution in [1.82, 2.24) is 0 Å². The van der Waals surface area contributed by atoms with E-state index in [4.69, 9.17) is 0 Å². The highest BCUT2D eigenvalue weighted by Crippen LogP contribution is 2.31. The van der Waals surface area contributed by atoms with E-state index in [0.717, 1.165) is 37.3 Å². The molecule has 1 amide bonds. The van der Waals surface area contributed by atoms with Crippen LogP contribution in [-0.2, 0) is 9.59 Å². The molecule has 0 unspecified atom stereocenters. The minimum Gasteiger partial charge on any atom is -0.481 e. The number of carboxylic acid groups (broad SMARTS) is 1. The summed E-state index contributed by atoms with van der Waals surface area (Å²) in [6.07, 6.45) is 3.05. The Morgan fingerprint density at radius 3 is 2.17 bits per heavy atom. The van der Waals surface area contributed by atoms with Crippen molar-refractivity contribution in [2.45, 2.75) is 39.5 Å². The fourth-order valence-electron chi connectivity index (χ4n) is 3.32. The van der Waals surface area contributed by atoms with Gasteiger partial charge in [-0.3, -0.25) is 9.59 Å². The maximum atomic E-state index is 12.4. The minimum atomic E-state index is -0.860. The molecule has 0 radical (unpaired) electrons. The van der Waals surface area contributed by atoms with Gasteiger partial charge >= 0.3 is 5.97 Å². The van der Waals surface area contributed by atoms with Crippen molar-refractivity contribution >= 4 is 23.3 Å². The predicted octanol–water partition coefficient (Wildman–Crippen LogP) is 3.36. The first-order chi connectivity index (χ1) is 11.1. The van der Waals surface area contributed by atoms with E-state index in [2.05, 4.69) is 24.1 Å². The zero-order valence-electron chi connectivity index (χ0n) is 13.9. The van der Waals surface area contributed by atoms with Gasteiger partial charge in [0.15, 0.2) is 0 Å². The molecule has 1 aliphatic carbocycles. The fraction of sp³-hybridized carbons (Fsp3) is 0.556. The van der Waals surface area contributed by atoms with Gasteiger partial charge in [-0.2, -0.15) is 0 Å². The molecule has 0 spiro atoms. The molecule has 1 aromatic carbocycles. The molecule has 2 rings (SSSR count). The van der Waals surface area contributed by atoms with Crippen LogP contribution in [0.1, 0.15) is 39.5 Å². The number of benzene rings is 1. The third kappa shape index (κ3) is 4.24. The summed E-state index contributed by atoms with van der Waals surface area (Å²) in [7, 11) is 0. The molecule has 0 aromatic heterocycles. The number of hydrogen-bond donors (Lipinski definition) is 2. The molecule has 0 bridgehead atoms. The minimum absolute atomic E-state index is 0.173. The van der Waals surface area contributed by atoms with Crippen molar-refractivity contribution in [1.29, 1.82) is 0 Å². The molecular weight excluding hydrogens is 292 g/mol. The molecule has 2 N–H and O–H groups in total. The lowest BCUT2D eigenvalue weighted by molar-refractivity contribution is -0.147. The number of carbonyl (C=O) groups excluding carboxylic acids is 1. The van der Waals surface area contributed by atoms with Crippen molar-refractivity contribution in [3.8, 4) is 0 Å². The Hall–Kier alpha value is -2.04. The van der Waals surface area contributed by atoms with E-state index in [1.54, 1.807) is 0 Å². The Labute approximate surface area is 137 Å². The maximum absolute atomic E-state index is 12.4. The summed E-state index contributed by atoms with van der Waals surface area (Å²) in [5, 5.41) is 12.2. The highest BCUT2D eigenvalue weighted by atomic mass is 16.4. The first kappa shape index (κ1) is 17.3. The van der Waals surface area contributed by atoms with Crippen LogP contribution in [0.25, 0.3) is 0 Å². The summed E-state index contributed by atoms with van der Waals surface area (Å²) in [6.45, 7) is 6.08. The standard InChI is InChI=1S/C18H26N2O3/c1-3-20(4-2)14-11-9-13(10-12-14)19-17(21)15-7-5-6-8-16(15)18(22)23/h9-12,15-16H,3-8H2,1-2H3,(H,19,21)(H,22,23)/t15-,16-/m1/s1. The molecule has 5 nitrogen and oxygen atoms in total. The summed E-state index contributed by atoms with van der Waals surface area (Å²) in [5.41, 5.74) is 1.84. The first-order valence-corrected chi connectivity index (χ1v) is 8.45. The van der Waals surface area contributed by atoms with Crippen LogP contribution in [0.3, 0.4) is 0 Å². The lowest BCUT2D eigenvalue weighted by atomic mass is 9.78. The number of carboxylic acids is 1. The summed E-state index contributed by atoms with van der Waals surface area (Å²) in [6, 6.07) is 7.73. The van der Waals surface area contributed by atoms with Gasteiger partial charge in [0.05, 0.1) is 11.8 Å². The zero-order valence-corrected chi connectivity index (χ0v) is 13.9. The number of amides is 1. The van der Waals surface area contributed by atoms with Crippen LogP contribution in [0, 0.1) is 11.8 Å². The summed E-state index contributed by atoms with van der Waals surface area (Å²) in [4.78, 5) is 26.0. The van der Waals surface area contributed by atoms with Crippen molar-refractivity contribution in [3.63, 3.8) is 0 Å². The second kappa shape index (κ2) is 7.99. The van der Waals surface area contributed by atoms with Crippen molar-refractivity contribution in [2.75, 3.05) is 23.3 Å². The van der Waals surface area contributed by atoms with Gasteiger partial charge in [0.2, 0.25) is 5.91 Å². The molecule has 126 valence electrons. The van der Waals surface area contributed by atoms with Crippen molar-refractivity contribution in [2.24, 2.45) is 11.8 Å². The SMILES string of the molecule is CCN(CC)c1ccc(NC(=O)[C@@H]2CCCC[C@H]2C(=O)O)cc1. The second-order valence-corrected chi connectivity index (χ2v) is 6.04. The number of aliphatic carboxylic acids is 1. The first-order valence-electron chi connectivity index (χ1n) is 8.45. The molecule has 1 fully saturated rings. The molecule has 0 heterocycles. The predicted molar refractivity (Wildman–Crippen MR) is 91.7 cm³/mol. The van der Waals surface area contributed by atoms with Crippen LogP contribution in [0.5, 0.6) is 0 Å². The quantitative estimate of drug-likeness (QED) is 0.844. The molecule has 0 saturated heterocycles. The third-order valence-corrected chi connectivity index (χ3v) is 4.68. The van der Waals surface area contributed by atoms with Crippen molar-refractivity contribution in [3.05, 3.63) is 24.3 Å². The van der Waals surface area contributed by atoms with Gasteiger partial charge in [-0.05, 0) is 51.0 Å². The van der Waals surface area contributed by atoms with E-state index in [0.29, 0.717) is 12.8 Å². The number of rotatable bonds is 6. The highest BCUT2D eigenvalue weighted by molar-refractivity contribution is 5.95. The van der Waals surface area contributed by atoms with Crippen LogP contribution >= 0.6 is 0 Å². The molecule has 1 aliphatic rings. The zero-order chi connectivity index (χ0) is 16.8. The number of carbonyl (C=O) groups is 2. The van der Waals surface area contributed by atoms with Gasteiger partial charge in [-0.15, -0.1) is 0 Å². The van der Waals surface area contributed by atoms with Gasteiger partial charge in [0.1, 0.15) is 0 Å². The van der Waals surface area contributed by atoms with Crippen LogP contribution in [0.15, 0.2) is 24.3 Å². The largest absolute Gasteiger partial charge is 0.481 e. The Morgan fingerprint density at radius 1 is 1.09 bits per heavy atom. The lowest BCUT2D eigenvalue weighted by Gasteiger charge is -2.27. The summed E-state index contributed by atoms with van der Waals surface area (Å²) < 4.78 is 0. The van der Waals surface area contributed by atoms with Gasteiger partial charge < -0.3 is 15.3 Å². The molecule has 5 heteroatoms. The molecular formula is C18H26N2O3. The number of hydrogen-bond acceptors (Lipinski definition) is 3. The van der Waals surface area contributed by atoms with Gasteiger partial charge in [-0.25, -0.2) is 0 Å². The average molecular weight is 318 g/mol. The summed E-state index contributed by atoms with van der Waals surface area (Å²) in [5.74, 6) is -2.02. The van der Waals surface area contributed by atoms with Gasteiger partial charge in [-0.1, -0.05) is 12.8 Å². The van der Waals surface area contributed by atoms with Crippen molar-refractivity contribution < 1.29 is 14.7 Å². The van der Waals surface area contributed by atoms with Crippen LogP contribution in [0.2, 0.25) is 0 Å². The molecule has 1 aromatic rings. The third-order valence-electron chi connectivity index (χ3n) is 4.68. The smallest absolute Gasteiger partial charge is 0.307 e.